The van der Waals surface area contributed by atoms with Crippen LogP contribution in [0.2, 0.25) is 0 Å². The molecule has 0 amide bonds. The van der Waals surface area contributed by atoms with Crippen LogP contribution in [0.5, 0.6) is 5.75 Å². The molecule has 1 aliphatic heterocycles. The summed E-state index contributed by atoms with van der Waals surface area (Å²) in [4.78, 5) is 21.5. The van der Waals surface area contributed by atoms with Gasteiger partial charge in [0, 0.05) is 43.5 Å². The first-order chi connectivity index (χ1) is 19.5. The molecule has 3 heterocycles. The molecule has 1 aliphatic rings. The van der Waals surface area contributed by atoms with Crippen molar-refractivity contribution in [3.8, 4) is 5.75 Å². The van der Waals surface area contributed by atoms with Crippen molar-refractivity contribution in [3.05, 3.63) is 111 Å². The van der Waals surface area contributed by atoms with Crippen LogP contribution >= 0.6 is 0 Å². The lowest BCUT2D eigenvalue weighted by atomic mass is 10.0. The molecule has 1 N–H and O–H groups in total. The number of nitrogens with one attached hydrogen (secondary N) is 1. The maximum Gasteiger partial charge on any atom is 0.253 e. The number of benzene rings is 3. The second-order valence-electron chi connectivity index (χ2n) is 10.4. The van der Waals surface area contributed by atoms with Gasteiger partial charge in [-0.2, -0.15) is 0 Å². The van der Waals surface area contributed by atoms with E-state index >= 15 is 0 Å². The van der Waals surface area contributed by atoms with Crippen LogP contribution in [0, 0.1) is 13.8 Å². The average Bonchev–Trinajstić information content (AvgIpc) is 3.42. The molecule has 3 aromatic carbocycles. The fraction of sp³-hybridized carbons (Fsp3) is 0.290. The maximum absolute atomic E-state index is 13.6. The van der Waals surface area contributed by atoms with Crippen molar-refractivity contribution in [1.82, 2.24) is 30.1 Å². The van der Waals surface area contributed by atoms with E-state index in [0.29, 0.717) is 23.7 Å². The summed E-state index contributed by atoms with van der Waals surface area (Å²) in [6.45, 7) is 8.00. The van der Waals surface area contributed by atoms with Crippen LogP contribution in [0.4, 0.5) is 5.69 Å². The van der Waals surface area contributed by atoms with E-state index in [9.17, 15) is 4.79 Å². The summed E-state index contributed by atoms with van der Waals surface area (Å²) in [5, 5.41) is 13.8. The number of methoxy groups -OCH3 is 1. The van der Waals surface area contributed by atoms with Gasteiger partial charge in [-0.3, -0.25) is 9.69 Å². The highest BCUT2D eigenvalue weighted by atomic mass is 16.5. The van der Waals surface area contributed by atoms with Crippen molar-refractivity contribution >= 4 is 16.6 Å². The average molecular weight is 536 g/mol. The number of aromatic amines is 1. The molecule has 1 saturated heterocycles. The van der Waals surface area contributed by atoms with Gasteiger partial charge >= 0.3 is 0 Å². The Labute approximate surface area is 233 Å². The molecule has 0 bridgehead atoms. The third kappa shape index (κ3) is 5.08. The van der Waals surface area contributed by atoms with Gasteiger partial charge in [0.05, 0.1) is 19.2 Å². The number of hydrogen-bond donors (Lipinski definition) is 1. The maximum atomic E-state index is 13.6. The zero-order chi connectivity index (χ0) is 27.6. The number of pyridine rings is 1. The summed E-state index contributed by atoms with van der Waals surface area (Å²) < 4.78 is 7.18. The lowest BCUT2D eigenvalue weighted by Gasteiger charge is -2.40. The zero-order valence-electron chi connectivity index (χ0n) is 23.0. The normalized spacial score (nSPS) is 14.9. The molecule has 0 unspecified atom stereocenters. The predicted molar refractivity (Wildman–Crippen MR) is 156 cm³/mol. The number of hydrogen-bond acceptors (Lipinski definition) is 7. The molecule has 6 rings (SSSR count). The smallest absolute Gasteiger partial charge is 0.253 e. The lowest BCUT2D eigenvalue weighted by molar-refractivity contribution is 0.200. The van der Waals surface area contributed by atoms with Gasteiger partial charge in [-0.25, -0.2) is 4.68 Å². The van der Waals surface area contributed by atoms with Gasteiger partial charge in [0.1, 0.15) is 11.8 Å². The van der Waals surface area contributed by atoms with Crippen molar-refractivity contribution in [2.24, 2.45) is 0 Å². The standard InChI is InChI=1S/C31H33N7O2/c1-21-9-10-22(2)28(17-21)36-13-15-37(16-14-36)29(30-33-34-35-38(30)20-23-7-5-4-6-8-23)26-18-24-11-12-25(40-3)19-27(24)32-31(26)39/h4-12,17-19,29H,13-16,20H2,1-3H3,(H,32,39)/t29-/m0/s1. The number of rotatable bonds is 7. The Morgan fingerprint density at radius 3 is 2.52 bits per heavy atom. The van der Waals surface area contributed by atoms with Gasteiger partial charge in [0.2, 0.25) is 0 Å². The molecule has 9 heteroatoms. The van der Waals surface area contributed by atoms with E-state index in [2.05, 4.69) is 74.5 Å². The number of H-pyrrole nitrogens is 1. The van der Waals surface area contributed by atoms with Crippen LogP contribution in [-0.2, 0) is 6.54 Å². The van der Waals surface area contributed by atoms with Gasteiger partial charge in [-0.15, -0.1) is 5.10 Å². The first kappa shape index (κ1) is 25.8. The molecule has 2 aromatic heterocycles. The highest BCUT2D eigenvalue weighted by Gasteiger charge is 2.33. The number of piperazine rings is 1. The van der Waals surface area contributed by atoms with Crippen LogP contribution in [0.1, 0.15) is 34.1 Å². The minimum atomic E-state index is -0.408. The third-order valence-corrected chi connectivity index (χ3v) is 7.74. The number of aryl methyl sites for hydroxylation is 2. The second kappa shape index (κ2) is 10.9. The largest absolute Gasteiger partial charge is 0.497 e. The Bertz CT molecular complexity index is 1690. The van der Waals surface area contributed by atoms with Gasteiger partial charge in [0.15, 0.2) is 5.82 Å². The minimum Gasteiger partial charge on any atom is -0.497 e. The molecule has 1 fully saturated rings. The van der Waals surface area contributed by atoms with Gasteiger partial charge in [-0.05, 0) is 70.6 Å². The van der Waals surface area contributed by atoms with Crippen molar-refractivity contribution in [3.63, 3.8) is 0 Å². The number of ether oxygens (including phenoxy) is 1. The number of fused-ring (bicyclic) bond motifs is 1. The fourth-order valence-corrected chi connectivity index (χ4v) is 5.58. The van der Waals surface area contributed by atoms with Crippen LogP contribution in [0.25, 0.3) is 10.9 Å². The first-order valence-electron chi connectivity index (χ1n) is 13.6. The van der Waals surface area contributed by atoms with Gasteiger partial charge in [-0.1, -0.05) is 42.5 Å². The van der Waals surface area contributed by atoms with Gasteiger partial charge < -0.3 is 14.6 Å². The second-order valence-corrected chi connectivity index (χ2v) is 10.4. The summed E-state index contributed by atoms with van der Waals surface area (Å²) in [5.74, 6) is 1.35. The van der Waals surface area contributed by atoms with Crippen LogP contribution in [0.3, 0.4) is 0 Å². The molecule has 1 atom stereocenters. The highest BCUT2D eigenvalue weighted by molar-refractivity contribution is 5.80. The minimum absolute atomic E-state index is 0.156. The number of anilines is 1. The molecule has 0 saturated carbocycles. The monoisotopic (exact) mass is 535 g/mol. The van der Waals surface area contributed by atoms with Crippen molar-refractivity contribution in [1.29, 1.82) is 0 Å². The molecule has 0 radical (unpaired) electrons. The first-order valence-corrected chi connectivity index (χ1v) is 13.6. The Morgan fingerprint density at radius 1 is 0.950 bits per heavy atom. The third-order valence-electron chi connectivity index (χ3n) is 7.74. The molecular formula is C31H33N7O2. The number of aromatic nitrogens is 5. The molecule has 0 spiro atoms. The summed E-state index contributed by atoms with van der Waals surface area (Å²) in [7, 11) is 1.62. The van der Waals surface area contributed by atoms with E-state index in [1.807, 2.05) is 47.1 Å². The molecule has 204 valence electrons. The lowest BCUT2D eigenvalue weighted by Crippen LogP contribution is -2.49. The van der Waals surface area contributed by atoms with Gasteiger partial charge in [0.25, 0.3) is 5.56 Å². The van der Waals surface area contributed by atoms with E-state index in [1.165, 1.54) is 16.8 Å². The van der Waals surface area contributed by atoms with Crippen molar-refractivity contribution in [2.45, 2.75) is 26.4 Å². The number of tetrazole rings is 1. The van der Waals surface area contributed by atoms with Crippen LogP contribution in [0.15, 0.2) is 77.6 Å². The Hall–Kier alpha value is -4.50. The quantitative estimate of drug-likeness (QED) is 0.336. The van der Waals surface area contributed by atoms with Crippen molar-refractivity contribution in [2.75, 3.05) is 38.2 Å². The van der Waals surface area contributed by atoms with E-state index in [0.717, 1.165) is 42.6 Å². The summed E-state index contributed by atoms with van der Waals surface area (Å²) in [6.07, 6.45) is 0. The fourth-order valence-electron chi connectivity index (χ4n) is 5.58. The summed E-state index contributed by atoms with van der Waals surface area (Å²) in [6, 6.07) is 24.0. The Morgan fingerprint density at radius 2 is 1.75 bits per heavy atom. The van der Waals surface area contributed by atoms with E-state index in [1.54, 1.807) is 7.11 Å². The van der Waals surface area contributed by atoms with Crippen molar-refractivity contribution < 1.29 is 4.74 Å². The topological polar surface area (TPSA) is 92.2 Å². The predicted octanol–water partition coefficient (Wildman–Crippen LogP) is 4.10. The summed E-state index contributed by atoms with van der Waals surface area (Å²) in [5.41, 5.74) is 6.08. The molecule has 0 aliphatic carbocycles. The zero-order valence-corrected chi connectivity index (χ0v) is 23.0. The van der Waals surface area contributed by atoms with Crippen LogP contribution < -0.4 is 15.2 Å². The van der Waals surface area contributed by atoms with Crippen LogP contribution in [-0.4, -0.2) is 63.4 Å². The highest BCUT2D eigenvalue weighted by Crippen LogP contribution is 2.31. The number of nitrogens with zero attached hydrogens (tertiary/aromatic N) is 6. The Kier molecular flexibility index (Phi) is 7.04. The summed E-state index contributed by atoms with van der Waals surface area (Å²) >= 11 is 0. The molecule has 5 aromatic rings. The molecule has 40 heavy (non-hydrogen) atoms. The molecule has 9 nitrogen and oxygen atoms in total. The molecular weight excluding hydrogens is 502 g/mol. The van der Waals surface area contributed by atoms with E-state index < -0.39 is 6.04 Å². The Balaban J connectivity index is 1.38. The van der Waals surface area contributed by atoms with E-state index in [-0.39, 0.29) is 5.56 Å². The SMILES string of the molecule is COc1ccc2cc([C@@H](c3nnnn3Cc3ccccc3)N3CCN(c4cc(C)ccc4C)CC3)c(=O)[nH]c2c1. The van der Waals surface area contributed by atoms with E-state index in [4.69, 9.17) is 4.74 Å².